The first kappa shape index (κ1) is 13.3. The zero-order valence-electron chi connectivity index (χ0n) is 11.0. The van der Waals surface area contributed by atoms with Crippen molar-refractivity contribution in [2.45, 2.75) is 50.9 Å². The molecule has 0 aliphatic carbocycles. The van der Waals surface area contributed by atoms with Crippen LogP contribution in [0.1, 0.15) is 31.7 Å². The summed E-state index contributed by atoms with van der Waals surface area (Å²) in [5, 5.41) is 9.79. The van der Waals surface area contributed by atoms with Gasteiger partial charge in [0.1, 0.15) is 0 Å². The molecule has 1 aliphatic rings. The van der Waals surface area contributed by atoms with Crippen molar-refractivity contribution >= 4 is 0 Å². The smallest absolute Gasteiger partial charge is 0.0866 e. The molecule has 1 fully saturated rings. The predicted octanol–water partition coefficient (Wildman–Crippen LogP) is 3.10. The molecule has 1 N–H and O–H groups in total. The third-order valence-corrected chi connectivity index (χ3v) is 3.34. The number of benzene rings is 1. The first-order valence-electron chi connectivity index (χ1n) is 6.67. The lowest BCUT2D eigenvalue weighted by atomic mass is 10.0. The van der Waals surface area contributed by atoms with E-state index < -0.39 is 0 Å². The highest BCUT2D eigenvalue weighted by molar-refractivity contribution is 5.15. The summed E-state index contributed by atoms with van der Waals surface area (Å²) >= 11 is 0. The summed E-state index contributed by atoms with van der Waals surface area (Å²) in [5.41, 5.74) is 2.39. The standard InChI is InChI=1S/C16H22O2/c1-12(2)10-14(17)11-16-15(18-16)9-8-13-6-4-3-5-7-13/h3-7,14-17H,1,8-11H2,2H3. The average Bonchev–Trinajstić information content (AvgIpc) is 3.05. The van der Waals surface area contributed by atoms with E-state index in [-0.39, 0.29) is 12.2 Å². The third kappa shape index (κ3) is 4.28. The lowest BCUT2D eigenvalue weighted by Gasteiger charge is -2.07. The van der Waals surface area contributed by atoms with Crippen LogP contribution in [0.15, 0.2) is 42.5 Å². The van der Waals surface area contributed by atoms with E-state index in [9.17, 15) is 5.11 Å². The fraction of sp³-hybridized carbons (Fsp3) is 0.500. The zero-order chi connectivity index (χ0) is 13.0. The Balaban J connectivity index is 1.65. The van der Waals surface area contributed by atoms with Crippen LogP contribution in [-0.2, 0) is 11.2 Å². The van der Waals surface area contributed by atoms with Crippen molar-refractivity contribution in [2.75, 3.05) is 0 Å². The normalized spacial score (nSPS) is 23.7. The van der Waals surface area contributed by atoms with E-state index >= 15 is 0 Å². The summed E-state index contributed by atoms with van der Waals surface area (Å²) in [5.74, 6) is 0. The largest absolute Gasteiger partial charge is 0.393 e. The van der Waals surface area contributed by atoms with Gasteiger partial charge in [0.2, 0.25) is 0 Å². The molecule has 3 unspecified atom stereocenters. The van der Waals surface area contributed by atoms with Crippen LogP contribution in [0.3, 0.4) is 0 Å². The maximum absolute atomic E-state index is 9.79. The minimum absolute atomic E-state index is 0.253. The molecule has 98 valence electrons. The third-order valence-electron chi connectivity index (χ3n) is 3.34. The van der Waals surface area contributed by atoms with Crippen molar-refractivity contribution in [3.63, 3.8) is 0 Å². The van der Waals surface area contributed by atoms with E-state index in [1.165, 1.54) is 5.56 Å². The van der Waals surface area contributed by atoms with Crippen molar-refractivity contribution in [3.8, 4) is 0 Å². The molecule has 0 spiro atoms. The molecular formula is C16H22O2. The van der Waals surface area contributed by atoms with Gasteiger partial charge >= 0.3 is 0 Å². The van der Waals surface area contributed by atoms with E-state index in [1.807, 2.05) is 13.0 Å². The molecule has 1 saturated heterocycles. The predicted molar refractivity (Wildman–Crippen MR) is 73.5 cm³/mol. The quantitative estimate of drug-likeness (QED) is 0.592. The van der Waals surface area contributed by atoms with Crippen LogP contribution in [0.2, 0.25) is 0 Å². The zero-order valence-corrected chi connectivity index (χ0v) is 11.0. The van der Waals surface area contributed by atoms with Gasteiger partial charge in [-0.2, -0.15) is 0 Å². The molecule has 0 amide bonds. The van der Waals surface area contributed by atoms with Gasteiger partial charge in [0.15, 0.2) is 0 Å². The summed E-state index contributed by atoms with van der Waals surface area (Å²) < 4.78 is 5.60. The highest BCUT2D eigenvalue weighted by atomic mass is 16.6. The Morgan fingerprint density at radius 2 is 2.06 bits per heavy atom. The molecule has 2 nitrogen and oxygen atoms in total. The molecule has 0 radical (unpaired) electrons. The molecule has 1 aromatic rings. The Labute approximate surface area is 109 Å². The van der Waals surface area contributed by atoms with Crippen LogP contribution in [0, 0.1) is 0 Å². The van der Waals surface area contributed by atoms with Crippen molar-refractivity contribution in [1.29, 1.82) is 0 Å². The van der Waals surface area contributed by atoms with Gasteiger partial charge in [-0.25, -0.2) is 0 Å². The number of aliphatic hydroxyl groups excluding tert-OH is 1. The Kier molecular flexibility index (Phi) is 4.56. The summed E-state index contributed by atoms with van der Waals surface area (Å²) in [6, 6.07) is 10.5. The van der Waals surface area contributed by atoms with E-state index in [1.54, 1.807) is 0 Å². The van der Waals surface area contributed by atoms with Gasteiger partial charge in [-0.05, 0) is 31.7 Å². The summed E-state index contributed by atoms with van der Waals surface area (Å²) in [7, 11) is 0. The molecule has 18 heavy (non-hydrogen) atoms. The van der Waals surface area contributed by atoms with Gasteiger partial charge in [-0.1, -0.05) is 35.9 Å². The van der Waals surface area contributed by atoms with Crippen molar-refractivity contribution in [3.05, 3.63) is 48.0 Å². The van der Waals surface area contributed by atoms with E-state index in [2.05, 4.69) is 30.8 Å². The van der Waals surface area contributed by atoms with Gasteiger partial charge in [-0.3, -0.25) is 0 Å². The van der Waals surface area contributed by atoms with Crippen LogP contribution >= 0.6 is 0 Å². The number of hydrogen-bond donors (Lipinski definition) is 1. The summed E-state index contributed by atoms with van der Waals surface area (Å²) in [6.07, 6.45) is 3.83. The minimum Gasteiger partial charge on any atom is -0.393 e. The number of hydrogen-bond acceptors (Lipinski definition) is 2. The van der Waals surface area contributed by atoms with Gasteiger partial charge < -0.3 is 9.84 Å². The second-order valence-electron chi connectivity index (χ2n) is 5.29. The van der Waals surface area contributed by atoms with Crippen molar-refractivity contribution < 1.29 is 9.84 Å². The van der Waals surface area contributed by atoms with Gasteiger partial charge in [0.05, 0.1) is 18.3 Å². The van der Waals surface area contributed by atoms with Crippen molar-refractivity contribution in [2.24, 2.45) is 0 Å². The maximum Gasteiger partial charge on any atom is 0.0866 e. The van der Waals surface area contributed by atoms with E-state index in [0.717, 1.165) is 24.8 Å². The summed E-state index contributed by atoms with van der Waals surface area (Å²) in [4.78, 5) is 0. The number of aliphatic hydroxyl groups is 1. The number of epoxide rings is 1. The molecule has 0 aromatic heterocycles. The van der Waals surface area contributed by atoms with E-state index in [0.29, 0.717) is 12.5 Å². The first-order valence-corrected chi connectivity index (χ1v) is 6.67. The topological polar surface area (TPSA) is 32.8 Å². The Morgan fingerprint density at radius 3 is 2.72 bits per heavy atom. The Bertz CT molecular complexity index is 385. The van der Waals surface area contributed by atoms with Crippen LogP contribution < -0.4 is 0 Å². The minimum atomic E-state index is -0.297. The number of ether oxygens (including phenoxy) is 1. The Morgan fingerprint density at radius 1 is 1.33 bits per heavy atom. The van der Waals surface area contributed by atoms with Gasteiger partial charge in [0.25, 0.3) is 0 Å². The molecule has 1 aromatic carbocycles. The number of rotatable bonds is 7. The SMILES string of the molecule is C=C(C)CC(O)CC1OC1CCc1ccccc1. The van der Waals surface area contributed by atoms with E-state index in [4.69, 9.17) is 4.74 Å². The van der Waals surface area contributed by atoms with Crippen LogP contribution in [0.4, 0.5) is 0 Å². The molecule has 3 atom stereocenters. The monoisotopic (exact) mass is 246 g/mol. The fourth-order valence-corrected chi connectivity index (χ4v) is 2.35. The molecule has 1 aliphatic heterocycles. The molecule has 0 saturated carbocycles. The highest BCUT2D eigenvalue weighted by Gasteiger charge is 2.39. The average molecular weight is 246 g/mol. The van der Waals surface area contributed by atoms with Crippen LogP contribution in [-0.4, -0.2) is 23.4 Å². The molecular weight excluding hydrogens is 224 g/mol. The second kappa shape index (κ2) is 6.17. The van der Waals surface area contributed by atoms with Gasteiger partial charge in [0, 0.05) is 6.42 Å². The molecule has 2 rings (SSSR count). The van der Waals surface area contributed by atoms with Crippen molar-refractivity contribution in [1.82, 2.24) is 0 Å². The van der Waals surface area contributed by atoms with Crippen LogP contribution in [0.25, 0.3) is 0 Å². The van der Waals surface area contributed by atoms with Gasteiger partial charge in [-0.15, -0.1) is 6.58 Å². The van der Waals surface area contributed by atoms with Crippen LogP contribution in [0.5, 0.6) is 0 Å². The number of aryl methyl sites for hydroxylation is 1. The lowest BCUT2D eigenvalue weighted by Crippen LogP contribution is -2.11. The first-order chi connectivity index (χ1) is 8.65. The molecule has 1 heterocycles. The maximum atomic E-state index is 9.79. The molecule has 2 heteroatoms. The second-order valence-corrected chi connectivity index (χ2v) is 5.29. The Hall–Kier alpha value is -1.12. The fourth-order valence-electron chi connectivity index (χ4n) is 2.35. The summed E-state index contributed by atoms with van der Waals surface area (Å²) in [6.45, 7) is 5.77. The highest BCUT2D eigenvalue weighted by Crippen LogP contribution is 2.31. The lowest BCUT2D eigenvalue weighted by molar-refractivity contribution is 0.152. The molecule has 0 bridgehead atoms.